The minimum Gasteiger partial charge on any atom is -0.461 e. The number of ether oxygens (including phenoxy) is 1. The molecular formula is C25H25ClO3. The second-order valence-corrected chi connectivity index (χ2v) is 7.76. The zero-order chi connectivity index (χ0) is 21.1. The molecule has 3 aromatic rings. The molecule has 0 aliphatic carbocycles. The molecule has 0 saturated carbocycles. The van der Waals surface area contributed by atoms with Crippen LogP contribution in [0.1, 0.15) is 54.9 Å². The molecule has 0 spiro atoms. The van der Waals surface area contributed by atoms with Crippen LogP contribution < -0.4 is 4.74 Å². The Morgan fingerprint density at radius 1 is 1.21 bits per heavy atom. The van der Waals surface area contributed by atoms with Crippen molar-refractivity contribution in [2.75, 3.05) is 0 Å². The maximum Gasteiger partial charge on any atom is 0.308 e. The number of halogens is 1. The first-order valence-corrected chi connectivity index (χ1v) is 10.0. The lowest BCUT2D eigenvalue weighted by atomic mass is 9.92. The normalized spacial score (nSPS) is 11.0. The van der Waals surface area contributed by atoms with Crippen molar-refractivity contribution in [2.24, 2.45) is 0 Å². The third kappa shape index (κ3) is 4.46. The fourth-order valence-corrected chi connectivity index (χ4v) is 3.89. The summed E-state index contributed by atoms with van der Waals surface area (Å²) in [7, 11) is 0. The lowest BCUT2D eigenvalue weighted by molar-refractivity contribution is -0.131. The minimum atomic E-state index is -0.361. The smallest absolute Gasteiger partial charge is 0.308 e. The van der Waals surface area contributed by atoms with E-state index in [1.54, 1.807) is 6.08 Å². The standard InChI is InChI=1S/C25H25ClO3/c1-6-22-20(13-19(29-22)12-18-10-8-7-9-11-18)21-14-23(28-17(5)27)24(15(2)3)16(4)25(21)26/h6-11,13-15H,1,12H2,2-5H3. The van der Waals surface area contributed by atoms with E-state index < -0.39 is 0 Å². The number of carbonyl (C=O) groups is 1. The first-order chi connectivity index (χ1) is 13.8. The first kappa shape index (κ1) is 20.9. The largest absolute Gasteiger partial charge is 0.461 e. The van der Waals surface area contributed by atoms with Gasteiger partial charge in [0.1, 0.15) is 17.3 Å². The van der Waals surface area contributed by atoms with Gasteiger partial charge in [-0.25, -0.2) is 0 Å². The van der Waals surface area contributed by atoms with Crippen LogP contribution in [0.4, 0.5) is 0 Å². The van der Waals surface area contributed by atoms with Crippen LogP contribution in [0.15, 0.2) is 53.5 Å². The van der Waals surface area contributed by atoms with Gasteiger partial charge < -0.3 is 9.15 Å². The molecule has 4 heteroatoms. The summed E-state index contributed by atoms with van der Waals surface area (Å²) in [5, 5.41) is 0.625. The Labute approximate surface area is 177 Å². The molecule has 0 aliphatic rings. The summed E-state index contributed by atoms with van der Waals surface area (Å²) in [5.41, 5.74) is 4.59. The van der Waals surface area contributed by atoms with Crippen LogP contribution in [0.3, 0.4) is 0 Å². The van der Waals surface area contributed by atoms with E-state index in [0.717, 1.165) is 33.6 Å². The van der Waals surface area contributed by atoms with E-state index in [1.807, 2.05) is 37.3 Å². The van der Waals surface area contributed by atoms with E-state index in [1.165, 1.54) is 6.92 Å². The number of benzene rings is 2. The molecule has 150 valence electrons. The van der Waals surface area contributed by atoms with Crippen molar-refractivity contribution in [3.05, 3.63) is 82.3 Å². The number of furan rings is 1. The molecule has 1 aromatic heterocycles. The maximum absolute atomic E-state index is 11.7. The average Bonchev–Trinajstić information content (AvgIpc) is 3.07. The predicted octanol–water partition coefficient (Wildman–Crippen LogP) is 7.19. The number of hydrogen-bond acceptors (Lipinski definition) is 3. The predicted molar refractivity (Wildman–Crippen MR) is 119 cm³/mol. The molecule has 0 aliphatic heterocycles. The second-order valence-electron chi connectivity index (χ2n) is 7.38. The molecule has 0 saturated heterocycles. The van der Waals surface area contributed by atoms with Gasteiger partial charge in [0.2, 0.25) is 0 Å². The van der Waals surface area contributed by atoms with Gasteiger partial charge in [0, 0.05) is 30.0 Å². The van der Waals surface area contributed by atoms with Gasteiger partial charge in [-0.05, 0) is 42.2 Å². The topological polar surface area (TPSA) is 39.4 Å². The van der Waals surface area contributed by atoms with Crippen molar-refractivity contribution >= 4 is 23.6 Å². The zero-order valence-electron chi connectivity index (χ0n) is 17.2. The summed E-state index contributed by atoms with van der Waals surface area (Å²) in [6, 6.07) is 13.9. The van der Waals surface area contributed by atoms with Crippen molar-refractivity contribution in [1.29, 1.82) is 0 Å². The summed E-state index contributed by atoms with van der Waals surface area (Å²) in [4.78, 5) is 11.7. The first-order valence-electron chi connectivity index (χ1n) is 9.62. The molecule has 0 radical (unpaired) electrons. The highest BCUT2D eigenvalue weighted by atomic mass is 35.5. The van der Waals surface area contributed by atoms with E-state index in [9.17, 15) is 4.79 Å². The molecule has 0 bridgehead atoms. The molecule has 2 aromatic carbocycles. The number of carbonyl (C=O) groups excluding carboxylic acids is 1. The summed E-state index contributed by atoms with van der Waals surface area (Å²) >= 11 is 6.77. The third-order valence-electron chi connectivity index (χ3n) is 4.85. The molecule has 0 atom stereocenters. The molecule has 0 amide bonds. The van der Waals surface area contributed by atoms with Crippen LogP contribution in [-0.4, -0.2) is 5.97 Å². The highest BCUT2D eigenvalue weighted by Crippen LogP contribution is 2.43. The summed E-state index contributed by atoms with van der Waals surface area (Å²) < 4.78 is 11.6. The second kappa shape index (κ2) is 8.71. The Bertz CT molecular complexity index is 1050. The summed E-state index contributed by atoms with van der Waals surface area (Å²) in [6.45, 7) is 11.3. The number of hydrogen-bond donors (Lipinski definition) is 0. The average molecular weight is 409 g/mol. The Hall–Kier alpha value is -2.78. The van der Waals surface area contributed by atoms with E-state index in [0.29, 0.717) is 23.0 Å². The SMILES string of the molecule is C=Cc1oc(Cc2ccccc2)cc1-c1cc(OC(C)=O)c(C(C)C)c(C)c1Cl. The number of esters is 1. The Morgan fingerprint density at radius 2 is 1.90 bits per heavy atom. The van der Waals surface area contributed by atoms with Gasteiger partial charge >= 0.3 is 5.97 Å². The van der Waals surface area contributed by atoms with E-state index in [-0.39, 0.29) is 11.9 Å². The molecule has 0 unspecified atom stereocenters. The maximum atomic E-state index is 11.7. The Kier molecular flexibility index (Phi) is 6.29. The van der Waals surface area contributed by atoms with Crippen LogP contribution in [0.2, 0.25) is 5.02 Å². The van der Waals surface area contributed by atoms with Crippen LogP contribution >= 0.6 is 11.6 Å². The molecular weight excluding hydrogens is 384 g/mol. The molecule has 1 heterocycles. The van der Waals surface area contributed by atoms with Gasteiger partial charge in [0.05, 0.1) is 5.02 Å². The molecule has 3 nitrogen and oxygen atoms in total. The fourth-order valence-electron chi connectivity index (χ4n) is 3.63. The van der Waals surface area contributed by atoms with E-state index in [2.05, 4.69) is 32.6 Å². The summed E-state index contributed by atoms with van der Waals surface area (Å²) in [5.74, 6) is 1.79. The molecule has 29 heavy (non-hydrogen) atoms. The minimum absolute atomic E-state index is 0.160. The molecule has 3 rings (SSSR count). The zero-order valence-corrected chi connectivity index (χ0v) is 18.0. The highest BCUT2D eigenvalue weighted by Gasteiger charge is 2.22. The molecule has 0 fully saturated rings. The van der Waals surface area contributed by atoms with Gasteiger partial charge in [0.25, 0.3) is 0 Å². The lowest BCUT2D eigenvalue weighted by Gasteiger charge is -2.19. The lowest BCUT2D eigenvalue weighted by Crippen LogP contribution is -2.07. The third-order valence-corrected chi connectivity index (χ3v) is 5.34. The van der Waals surface area contributed by atoms with Gasteiger partial charge in [-0.2, -0.15) is 0 Å². The van der Waals surface area contributed by atoms with Crippen molar-refractivity contribution in [2.45, 2.75) is 40.0 Å². The molecule has 0 N–H and O–H groups in total. The van der Waals surface area contributed by atoms with Crippen LogP contribution in [0.25, 0.3) is 17.2 Å². The Morgan fingerprint density at radius 3 is 2.48 bits per heavy atom. The van der Waals surface area contributed by atoms with Gasteiger partial charge in [-0.3, -0.25) is 4.79 Å². The van der Waals surface area contributed by atoms with Crippen molar-refractivity contribution in [3.8, 4) is 16.9 Å². The highest BCUT2D eigenvalue weighted by molar-refractivity contribution is 6.34. The monoisotopic (exact) mass is 408 g/mol. The van der Waals surface area contributed by atoms with Crippen molar-refractivity contribution < 1.29 is 13.9 Å². The van der Waals surface area contributed by atoms with Crippen LogP contribution in [-0.2, 0) is 11.2 Å². The van der Waals surface area contributed by atoms with Crippen LogP contribution in [0.5, 0.6) is 5.75 Å². The van der Waals surface area contributed by atoms with Crippen molar-refractivity contribution in [1.82, 2.24) is 0 Å². The summed E-state index contributed by atoms with van der Waals surface area (Å²) in [6.07, 6.45) is 2.34. The quantitative estimate of drug-likeness (QED) is 0.320. The van der Waals surface area contributed by atoms with E-state index in [4.69, 9.17) is 20.8 Å². The van der Waals surface area contributed by atoms with Gasteiger partial charge in [-0.15, -0.1) is 0 Å². The fraction of sp³-hybridized carbons (Fsp3) is 0.240. The van der Waals surface area contributed by atoms with Crippen molar-refractivity contribution in [3.63, 3.8) is 0 Å². The Balaban J connectivity index is 2.13. The van der Waals surface area contributed by atoms with E-state index >= 15 is 0 Å². The number of rotatable bonds is 6. The van der Waals surface area contributed by atoms with Gasteiger partial charge in [0.15, 0.2) is 0 Å². The van der Waals surface area contributed by atoms with Gasteiger partial charge in [-0.1, -0.05) is 62.4 Å². The van der Waals surface area contributed by atoms with Crippen LogP contribution in [0, 0.1) is 6.92 Å².